The summed E-state index contributed by atoms with van der Waals surface area (Å²) in [5.74, 6) is 0.499. The van der Waals surface area contributed by atoms with Gasteiger partial charge in [0.05, 0.1) is 5.01 Å². The van der Waals surface area contributed by atoms with Gasteiger partial charge >= 0.3 is 0 Å². The van der Waals surface area contributed by atoms with Crippen LogP contribution in [0.4, 0.5) is 0 Å². The molecule has 0 saturated carbocycles. The molecule has 0 aliphatic carbocycles. The molecule has 1 unspecified atom stereocenters. The lowest BCUT2D eigenvalue weighted by atomic mass is 9.95. The average molecular weight is 353 g/mol. The fourth-order valence-electron chi connectivity index (χ4n) is 2.26. The van der Waals surface area contributed by atoms with E-state index >= 15 is 0 Å². The predicted octanol–water partition coefficient (Wildman–Crippen LogP) is 4.54. The van der Waals surface area contributed by atoms with Crippen LogP contribution >= 0.6 is 27.3 Å². The summed E-state index contributed by atoms with van der Waals surface area (Å²) in [6.07, 6.45) is 4.24. The van der Waals surface area contributed by atoms with Crippen molar-refractivity contribution >= 4 is 27.3 Å². The molecule has 0 radical (unpaired) electrons. The zero-order valence-corrected chi connectivity index (χ0v) is 14.4. The fraction of sp³-hybridized carbons (Fsp3) is 0.438. The minimum absolute atomic E-state index is 0.499. The van der Waals surface area contributed by atoms with Crippen molar-refractivity contribution in [3.63, 3.8) is 0 Å². The van der Waals surface area contributed by atoms with Crippen molar-refractivity contribution in [2.45, 2.75) is 32.6 Å². The van der Waals surface area contributed by atoms with E-state index in [1.165, 1.54) is 16.9 Å². The number of nitrogens with one attached hydrogen (secondary N) is 1. The predicted molar refractivity (Wildman–Crippen MR) is 90.6 cm³/mol. The first-order chi connectivity index (χ1) is 9.69. The second-order valence-electron chi connectivity index (χ2n) is 5.01. The Kier molecular flexibility index (Phi) is 6.20. The van der Waals surface area contributed by atoms with E-state index in [4.69, 9.17) is 0 Å². The summed E-state index contributed by atoms with van der Waals surface area (Å²) >= 11 is 5.38. The second-order valence-corrected chi connectivity index (χ2v) is 7.24. The Bertz CT molecular complexity index is 539. The number of nitrogens with zero attached hydrogens (tertiary/aromatic N) is 1. The van der Waals surface area contributed by atoms with Crippen LogP contribution in [0.3, 0.4) is 0 Å². The van der Waals surface area contributed by atoms with Gasteiger partial charge in [0.25, 0.3) is 0 Å². The Morgan fingerprint density at radius 2 is 2.25 bits per heavy atom. The van der Waals surface area contributed by atoms with Crippen molar-refractivity contribution in [2.24, 2.45) is 0 Å². The Balaban J connectivity index is 2.11. The van der Waals surface area contributed by atoms with Crippen LogP contribution in [0.15, 0.2) is 34.9 Å². The van der Waals surface area contributed by atoms with Crippen molar-refractivity contribution in [3.05, 3.63) is 50.4 Å². The second kappa shape index (κ2) is 7.91. The van der Waals surface area contributed by atoms with E-state index in [9.17, 15) is 0 Å². The number of thiazole rings is 1. The van der Waals surface area contributed by atoms with Gasteiger partial charge in [-0.1, -0.05) is 35.0 Å². The van der Waals surface area contributed by atoms with Gasteiger partial charge in [0.15, 0.2) is 0 Å². The molecular formula is C16H21BrN2S. The number of benzene rings is 1. The molecule has 1 heterocycles. The number of halogens is 1. The van der Waals surface area contributed by atoms with E-state index < -0.39 is 0 Å². The molecule has 2 nitrogen and oxygen atoms in total. The maximum atomic E-state index is 4.37. The van der Waals surface area contributed by atoms with Gasteiger partial charge < -0.3 is 5.32 Å². The normalized spacial score (nSPS) is 12.6. The first kappa shape index (κ1) is 15.7. The fourth-order valence-corrected chi connectivity index (χ4v) is 3.56. The topological polar surface area (TPSA) is 24.9 Å². The molecule has 0 fully saturated rings. The summed E-state index contributed by atoms with van der Waals surface area (Å²) < 4.78 is 1.15. The molecule has 4 heteroatoms. The Morgan fingerprint density at radius 3 is 2.90 bits per heavy atom. The van der Waals surface area contributed by atoms with E-state index in [0.717, 1.165) is 29.0 Å². The van der Waals surface area contributed by atoms with E-state index in [1.54, 1.807) is 11.3 Å². The van der Waals surface area contributed by atoms with Gasteiger partial charge in [-0.2, -0.15) is 0 Å². The van der Waals surface area contributed by atoms with Crippen LogP contribution in [0.25, 0.3) is 0 Å². The average Bonchev–Trinajstić information content (AvgIpc) is 2.83. The van der Waals surface area contributed by atoms with Crippen molar-refractivity contribution in [1.82, 2.24) is 10.3 Å². The molecule has 2 aromatic rings. The molecule has 1 aromatic carbocycles. The highest BCUT2D eigenvalue weighted by Crippen LogP contribution is 2.25. The van der Waals surface area contributed by atoms with E-state index in [0.29, 0.717) is 5.92 Å². The molecule has 20 heavy (non-hydrogen) atoms. The molecule has 0 aliphatic heterocycles. The molecule has 1 atom stereocenters. The van der Waals surface area contributed by atoms with E-state index in [1.807, 2.05) is 6.20 Å². The molecule has 0 saturated heterocycles. The summed E-state index contributed by atoms with van der Waals surface area (Å²) in [6.45, 7) is 6.36. The van der Waals surface area contributed by atoms with E-state index in [-0.39, 0.29) is 0 Å². The third-order valence-corrected chi connectivity index (χ3v) is 4.68. The quantitative estimate of drug-likeness (QED) is 0.739. The molecule has 2 rings (SSSR count). The minimum atomic E-state index is 0.499. The summed E-state index contributed by atoms with van der Waals surface area (Å²) in [7, 11) is 0. The number of aromatic nitrogens is 1. The molecule has 108 valence electrons. The van der Waals surface area contributed by atoms with Crippen LogP contribution in [0.2, 0.25) is 0 Å². The van der Waals surface area contributed by atoms with Gasteiger partial charge in [-0.25, -0.2) is 4.98 Å². The molecule has 0 bridgehead atoms. The summed E-state index contributed by atoms with van der Waals surface area (Å²) in [5, 5.41) is 4.70. The van der Waals surface area contributed by atoms with Crippen LogP contribution < -0.4 is 5.32 Å². The van der Waals surface area contributed by atoms with Crippen LogP contribution in [-0.2, 0) is 6.42 Å². The summed E-state index contributed by atoms with van der Waals surface area (Å²) in [4.78, 5) is 5.73. The highest BCUT2D eigenvalue weighted by atomic mass is 79.9. The van der Waals surface area contributed by atoms with Crippen molar-refractivity contribution < 1.29 is 0 Å². The Labute approximate surface area is 133 Å². The van der Waals surface area contributed by atoms with Crippen molar-refractivity contribution in [1.29, 1.82) is 0 Å². The van der Waals surface area contributed by atoms with E-state index in [2.05, 4.69) is 64.3 Å². The maximum Gasteiger partial charge on any atom is 0.0896 e. The summed E-state index contributed by atoms with van der Waals surface area (Å²) in [6, 6.07) is 8.64. The minimum Gasteiger partial charge on any atom is -0.316 e. The standard InChI is InChI=1S/C16H21BrN2S/c1-3-7-18-10-14(9-16-11-19-12(2)20-16)13-5-4-6-15(17)8-13/h4-6,8,11,14,18H,3,7,9-10H2,1-2H3. The van der Waals surface area contributed by atoms with Gasteiger partial charge in [0.1, 0.15) is 0 Å². The molecule has 0 amide bonds. The zero-order valence-electron chi connectivity index (χ0n) is 12.0. The van der Waals surface area contributed by atoms with Gasteiger partial charge in [-0.15, -0.1) is 11.3 Å². The summed E-state index contributed by atoms with van der Waals surface area (Å²) in [5.41, 5.74) is 1.38. The zero-order chi connectivity index (χ0) is 14.4. The van der Waals surface area contributed by atoms with Gasteiger partial charge in [-0.05, 0) is 44.0 Å². The molecule has 0 aliphatic rings. The third kappa shape index (κ3) is 4.69. The first-order valence-corrected chi connectivity index (χ1v) is 8.67. The lowest BCUT2D eigenvalue weighted by Gasteiger charge is -2.17. The third-order valence-electron chi connectivity index (χ3n) is 3.25. The van der Waals surface area contributed by atoms with Gasteiger partial charge in [-0.3, -0.25) is 0 Å². The van der Waals surface area contributed by atoms with Crippen LogP contribution in [0, 0.1) is 6.92 Å². The van der Waals surface area contributed by atoms with Gasteiger partial charge in [0.2, 0.25) is 0 Å². The monoisotopic (exact) mass is 352 g/mol. The SMILES string of the molecule is CCCNCC(Cc1cnc(C)s1)c1cccc(Br)c1. The van der Waals surface area contributed by atoms with Gasteiger partial charge in [0, 0.05) is 28.0 Å². The highest BCUT2D eigenvalue weighted by Gasteiger charge is 2.14. The lowest BCUT2D eigenvalue weighted by molar-refractivity contribution is 0.579. The highest BCUT2D eigenvalue weighted by molar-refractivity contribution is 9.10. The maximum absolute atomic E-state index is 4.37. The number of aryl methyl sites for hydroxylation is 1. The van der Waals surface area contributed by atoms with Crippen molar-refractivity contribution in [3.8, 4) is 0 Å². The number of hydrogen-bond acceptors (Lipinski definition) is 3. The molecule has 1 aromatic heterocycles. The van der Waals surface area contributed by atoms with Crippen molar-refractivity contribution in [2.75, 3.05) is 13.1 Å². The largest absolute Gasteiger partial charge is 0.316 e. The first-order valence-electron chi connectivity index (χ1n) is 7.06. The Morgan fingerprint density at radius 1 is 1.40 bits per heavy atom. The Hall–Kier alpha value is -0.710. The molecular weight excluding hydrogens is 332 g/mol. The number of hydrogen-bond donors (Lipinski definition) is 1. The van der Waals surface area contributed by atoms with Crippen LogP contribution in [-0.4, -0.2) is 18.1 Å². The van der Waals surface area contributed by atoms with Crippen LogP contribution in [0.5, 0.6) is 0 Å². The smallest absolute Gasteiger partial charge is 0.0896 e. The lowest BCUT2D eigenvalue weighted by Crippen LogP contribution is -2.23. The molecule has 0 spiro atoms. The van der Waals surface area contributed by atoms with Crippen LogP contribution in [0.1, 0.15) is 34.7 Å². The molecule has 1 N–H and O–H groups in total. The number of rotatable bonds is 7.